The molecule has 0 saturated heterocycles. The second-order valence-corrected chi connectivity index (χ2v) is 11.1. The van der Waals surface area contributed by atoms with Gasteiger partial charge >= 0.3 is 24.4 Å². The van der Waals surface area contributed by atoms with E-state index in [1.807, 2.05) is 36.4 Å². The van der Waals surface area contributed by atoms with Gasteiger partial charge in [0.1, 0.15) is 5.75 Å². The van der Waals surface area contributed by atoms with E-state index < -0.39 is 66.5 Å². The average Bonchev–Trinajstić information content (AvgIpc) is 3.10. The standard InChI is InChI=1S/C35H29F6N7O4/c1-52-28-14-8-7-13-27(28)43-33(51)47-31-44-30(42-26-12-6-5-11-25(26)22-9-3-2-4-10-22)45-32(46-31)48(16-15-29(49)50)20-21-17-23(34(36,37)38)19-24(18-21)35(39,40)41/h2-14,17-19H,15-16,20H2,1H3,(H,49,50)(H3,42,43,44,45,46,47,51). The van der Waals surface area contributed by atoms with Gasteiger partial charge < -0.3 is 25.4 Å². The number of carbonyl (C=O) groups is 2. The number of rotatable bonds is 12. The average molecular weight is 726 g/mol. The van der Waals surface area contributed by atoms with Crippen molar-refractivity contribution in [3.8, 4) is 16.9 Å². The zero-order chi connectivity index (χ0) is 37.5. The van der Waals surface area contributed by atoms with Gasteiger partial charge in [0, 0.05) is 24.3 Å². The molecule has 0 fully saturated rings. The minimum absolute atomic E-state index is 0.0113. The Hall–Kier alpha value is -6.39. The maximum Gasteiger partial charge on any atom is 0.416 e. The highest BCUT2D eigenvalue weighted by Crippen LogP contribution is 2.37. The number of aliphatic carboxylic acids is 1. The van der Waals surface area contributed by atoms with Crippen molar-refractivity contribution in [2.45, 2.75) is 25.3 Å². The zero-order valence-corrected chi connectivity index (χ0v) is 27.1. The van der Waals surface area contributed by atoms with Crippen LogP contribution in [0.25, 0.3) is 11.1 Å². The normalized spacial score (nSPS) is 11.4. The van der Waals surface area contributed by atoms with Gasteiger partial charge in [0.05, 0.1) is 30.3 Å². The van der Waals surface area contributed by atoms with Crippen molar-refractivity contribution < 1.29 is 45.8 Å². The molecule has 0 aliphatic heterocycles. The second-order valence-electron chi connectivity index (χ2n) is 11.1. The molecule has 0 radical (unpaired) electrons. The lowest BCUT2D eigenvalue weighted by atomic mass is 10.0. The highest BCUT2D eigenvalue weighted by Gasteiger charge is 2.37. The number of urea groups is 1. The van der Waals surface area contributed by atoms with Crippen LogP contribution in [0.5, 0.6) is 5.75 Å². The van der Waals surface area contributed by atoms with Gasteiger partial charge in [-0.15, -0.1) is 0 Å². The number of anilines is 5. The summed E-state index contributed by atoms with van der Waals surface area (Å²) in [6.45, 7) is -1.14. The Bertz CT molecular complexity index is 2010. The monoisotopic (exact) mass is 725 g/mol. The largest absolute Gasteiger partial charge is 0.495 e. The molecule has 0 unspecified atom stereocenters. The van der Waals surface area contributed by atoms with Crippen molar-refractivity contribution in [3.63, 3.8) is 0 Å². The van der Waals surface area contributed by atoms with Crippen LogP contribution in [0.1, 0.15) is 23.1 Å². The Morgan fingerprint density at radius 1 is 0.750 bits per heavy atom. The number of para-hydroxylation sites is 3. The fourth-order valence-electron chi connectivity index (χ4n) is 5.01. The van der Waals surface area contributed by atoms with E-state index in [-0.39, 0.29) is 23.7 Å². The molecule has 5 rings (SSSR count). The first-order valence-electron chi connectivity index (χ1n) is 15.3. The smallest absolute Gasteiger partial charge is 0.416 e. The van der Waals surface area contributed by atoms with Gasteiger partial charge in [0.2, 0.25) is 17.8 Å². The van der Waals surface area contributed by atoms with Crippen LogP contribution in [0, 0.1) is 0 Å². The number of methoxy groups -OCH3 is 1. The molecule has 17 heteroatoms. The summed E-state index contributed by atoms with van der Waals surface area (Å²) in [4.78, 5) is 38.7. The van der Waals surface area contributed by atoms with E-state index >= 15 is 0 Å². The minimum atomic E-state index is -5.12. The molecule has 4 aromatic carbocycles. The predicted molar refractivity (Wildman–Crippen MR) is 180 cm³/mol. The van der Waals surface area contributed by atoms with Crippen molar-refractivity contribution in [2.75, 3.05) is 34.5 Å². The SMILES string of the molecule is COc1ccccc1NC(=O)Nc1nc(Nc2ccccc2-c2ccccc2)nc(N(CCC(=O)O)Cc2cc(C(F)(F)F)cc(C(F)(F)F)c2)n1. The molecule has 0 aliphatic rings. The Morgan fingerprint density at radius 3 is 1.98 bits per heavy atom. The van der Waals surface area contributed by atoms with Crippen LogP contribution < -0.4 is 25.6 Å². The van der Waals surface area contributed by atoms with Crippen LogP contribution >= 0.6 is 0 Å². The molecule has 2 amide bonds. The molecule has 1 heterocycles. The third-order valence-electron chi connectivity index (χ3n) is 7.36. The number of carboxylic acid groups (broad SMARTS) is 1. The van der Waals surface area contributed by atoms with Gasteiger partial charge in [0.15, 0.2) is 0 Å². The number of carbonyl (C=O) groups excluding carboxylic acids is 1. The van der Waals surface area contributed by atoms with Crippen molar-refractivity contribution in [2.24, 2.45) is 0 Å². The lowest BCUT2D eigenvalue weighted by Gasteiger charge is -2.24. The fraction of sp³-hybridized carbons (Fsp3) is 0.171. The summed E-state index contributed by atoms with van der Waals surface area (Å²) in [5, 5.41) is 17.5. The summed E-state index contributed by atoms with van der Waals surface area (Å²) in [5.41, 5.74) is -1.29. The summed E-state index contributed by atoms with van der Waals surface area (Å²) in [6, 6.07) is 22.9. The molecule has 0 aliphatic carbocycles. The van der Waals surface area contributed by atoms with Gasteiger partial charge in [-0.05, 0) is 47.5 Å². The van der Waals surface area contributed by atoms with E-state index in [4.69, 9.17) is 4.74 Å². The van der Waals surface area contributed by atoms with E-state index in [9.17, 15) is 41.0 Å². The molecular formula is C35H29F6N7O4. The van der Waals surface area contributed by atoms with Gasteiger partial charge in [-0.25, -0.2) is 4.79 Å². The number of alkyl halides is 6. The van der Waals surface area contributed by atoms with Crippen molar-refractivity contribution in [3.05, 3.63) is 114 Å². The van der Waals surface area contributed by atoms with Crippen molar-refractivity contribution >= 4 is 41.2 Å². The van der Waals surface area contributed by atoms with E-state index in [0.717, 1.165) is 10.5 Å². The number of halogens is 6. The third-order valence-corrected chi connectivity index (χ3v) is 7.36. The summed E-state index contributed by atoms with van der Waals surface area (Å²) >= 11 is 0. The first kappa shape index (κ1) is 36.9. The fourth-order valence-corrected chi connectivity index (χ4v) is 5.01. The van der Waals surface area contributed by atoms with Crippen molar-refractivity contribution in [1.29, 1.82) is 0 Å². The van der Waals surface area contributed by atoms with Gasteiger partial charge in [0.25, 0.3) is 0 Å². The van der Waals surface area contributed by atoms with Crippen molar-refractivity contribution in [1.82, 2.24) is 15.0 Å². The minimum Gasteiger partial charge on any atom is -0.495 e. The lowest BCUT2D eigenvalue weighted by Crippen LogP contribution is -2.29. The molecular weight excluding hydrogens is 696 g/mol. The van der Waals surface area contributed by atoms with Crippen LogP contribution in [0.3, 0.4) is 0 Å². The van der Waals surface area contributed by atoms with E-state index in [2.05, 4.69) is 30.9 Å². The maximum atomic E-state index is 13.7. The Morgan fingerprint density at radius 2 is 1.35 bits per heavy atom. The van der Waals surface area contributed by atoms with Crippen LogP contribution in [0.2, 0.25) is 0 Å². The number of carboxylic acids is 1. The Kier molecular flexibility index (Phi) is 11.1. The summed E-state index contributed by atoms with van der Waals surface area (Å²) in [5.74, 6) is -1.94. The summed E-state index contributed by atoms with van der Waals surface area (Å²) in [7, 11) is 1.40. The number of nitrogens with one attached hydrogen (secondary N) is 3. The molecule has 52 heavy (non-hydrogen) atoms. The van der Waals surface area contributed by atoms with E-state index in [0.29, 0.717) is 29.1 Å². The Balaban J connectivity index is 1.58. The van der Waals surface area contributed by atoms with Crippen LogP contribution in [-0.2, 0) is 23.7 Å². The number of hydrogen-bond donors (Lipinski definition) is 4. The van der Waals surface area contributed by atoms with E-state index in [1.165, 1.54) is 7.11 Å². The molecule has 4 N–H and O–H groups in total. The third kappa shape index (κ3) is 9.64. The lowest BCUT2D eigenvalue weighted by molar-refractivity contribution is -0.143. The van der Waals surface area contributed by atoms with Gasteiger partial charge in [-0.3, -0.25) is 10.1 Å². The first-order chi connectivity index (χ1) is 24.7. The van der Waals surface area contributed by atoms with Crippen LogP contribution in [0.15, 0.2) is 97.1 Å². The highest BCUT2D eigenvalue weighted by molar-refractivity contribution is 5.99. The topological polar surface area (TPSA) is 142 Å². The zero-order valence-electron chi connectivity index (χ0n) is 27.1. The van der Waals surface area contributed by atoms with Crippen LogP contribution in [0.4, 0.5) is 60.4 Å². The number of benzene rings is 4. The van der Waals surface area contributed by atoms with E-state index in [1.54, 1.807) is 42.5 Å². The van der Waals surface area contributed by atoms with Gasteiger partial charge in [-0.1, -0.05) is 60.7 Å². The quantitative estimate of drug-likeness (QED) is 0.0933. The first-order valence-corrected chi connectivity index (χ1v) is 15.3. The number of nitrogens with zero attached hydrogens (tertiary/aromatic N) is 4. The molecule has 0 saturated carbocycles. The predicted octanol–water partition coefficient (Wildman–Crippen LogP) is 8.45. The van der Waals surface area contributed by atoms with Crippen LogP contribution in [-0.4, -0.2) is 45.7 Å². The second kappa shape index (κ2) is 15.7. The molecule has 11 nitrogen and oxygen atoms in total. The van der Waals surface area contributed by atoms with Gasteiger partial charge in [-0.2, -0.15) is 41.3 Å². The number of amides is 2. The maximum absolute atomic E-state index is 13.7. The molecule has 270 valence electrons. The molecule has 0 bridgehead atoms. The molecule has 1 aromatic heterocycles. The number of aromatic nitrogens is 3. The summed E-state index contributed by atoms with van der Waals surface area (Å²) < 4.78 is 87.4. The number of hydrogen-bond acceptors (Lipinski definition) is 8. The number of ether oxygens (including phenoxy) is 1. The highest BCUT2D eigenvalue weighted by atomic mass is 19.4. The Labute approximate surface area is 292 Å². The molecule has 0 atom stereocenters. The molecule has 0 spiro atoms. The molecule has 5 aromatic rings. The summed E-state index contributed by atoms with van der Waals surface area (Å²) in [6.07, 6.45) is -10.8.